The van der Waals surface area contributed by atoms with E-state index >= 15 is 0 Å². The maximum atomic E-state index is 12.8. The van der Waals surface area contributed by atoms with E-state index in [1.165, 1.54) is 28.7 Å². The summed E-state index contributed by atoms with van der Waals surface area (Å²) >= 11 is 2.76. The Hall–Kier alpha value is -3.17. The quantitative estimate of drug-likeness (QED) is 0.388. The molecule has 1 aliphatic rings. The van der Waals surface area contributed by atoms with E-state index < -0.39 is 0 Å². The van der Waals surface area contributed by atoms with E-state index in [-0.39, 0.29) is 11.7 Å². The number of benzene rings is 1. The number of thioether (sulfide) groups is 1. The van der Waals surface area contributed by atoms with Gasteiger partial charge in [0.15, 0.2) is 0 Å². The minimum absolute atomic E-state index is 0.131. The summed E-state index contributed by atoms with van der Waals surface area (Å²) in [6.45, 7) is 4.65. The van der Waals surface area contributed by atoms with Crippen LogP contribution >= 0.6 is 23.1 Å². The van der Waals surface area contributed by atoms with Crippen molar-refractivity contribution in [1.82, 2.24) is 9.88 Å². The normalized spacial score (nSPS) is 13.0. The van der Waals surface area contributed by atoms with Crippen molar-refractivity contribution in [2.24, 2.45) is 0 Å². The van der Waals surface area contributed by atoms with Crippen molar-refractivity contribution in [1.29, 1.82) is 10.5 Å². The fraction of sp³-hybridized carbons (Fsp3) is 0.333. The summed E-state index contributed by atoms with van der Waals surface area (Å²) in [5.74, 6) is -0.0668. The number of aromatic nitrogens is 1. The molecule has 35 heavy (non-hydrogen) atoms. The van der Waals surface area contributed by atoms with Crippen LogP contribution in [0.1, 0.15) is 52.6 Å². The van der Waals surface area contributed by atoms with Crippen LogP contribution in [0.15, 0.2) is 47.5 Å². The van der Waals surface area contributed by atoms with Crippen molar-refractivity contribution < 1.29 is 4.79 Å². The third-order valence-corrected chi connectivity index (χ3v) is 8.04. The minimum atomic E-state index is -0.198. The van der Waals surface area contributed by atoms with Crippen molar-refractivity contribution in [2.75, 3.05) is 17.6 Å². The summed E-state index contributed by atoms with van der Waals surface area (Å²) in [6, 6.07) is 18.5. The highest BCUT2D eigenvalue weighted by Crippen LogP contribution is 2.37. The van der Waals surface area contributed by atoms with Crippen LogP contribution in [0.2, 0.25) is 0 Å². The SMILES string of the molecule is CCCCc1ccc(C#N)c(SCC(=O)Nc2sc3c(c2C#N)CCN(Cc2ccccc2)C3)n1. The van der Waals surface area contributed by atoms with E-state index in [4.69, 9.17) is 0 Å². The van der Waals surface area contributed by atoms with Crippen LogP contribution < -0.4 is 5.32 Å². The average molecular weight is 502 g/mol. The lowest BCUT2D eigenvalue weighted by molar-refractivity contribution is -0.113. The standard InChI is InChI=1S/C27H27N5OS2/c1-2-3-9-21-11-10-20(14-28)26(30-21)34-18-25(33)31-27-23(15-29)22-12-13-32(17-24(22)35-27)16-19-7-5-4-6-8-19/h4-8,10-11H,2-3,9,12-13,16-18H2,1H3,(H,31,33). The summed E-state index contributed by atoms with van der Waals surface area (Å²) in [6.07, 6.45) is 3.76. The predicted molar refractivity (Wildman–Crippen MR) is 140 cm³/mol. The van der Waals surface area contributed by atoms with Crippen LogP contribution in [0.5, 0.6) is 0 Å². The number of nitrogens with zero attached hydrogens (tertiary/aromatic N) is 4. The number of nitrogens with one attached hydrogen (secondary N) is 1. The van der Waals surface area contributed by atoms with Crippen LogP contribution in [-0.2, 0) is 30.7 Å². The Bertz CT molecular complexity index is 1270. The summed E-state index contributed by atoms with van der Waals surface area (Å²) in [5, 5.41) is 23.4. The highest BCUT2D eigenvalue weighted by molar-refractivity contribution is 8.00. The number of carbonyl (C=O) groups excluding carboxylic acids is 1. The molecule has 2 aromatic heterocycles. The van der Waals surface area contributed by atoms with Gasteiger partial charge in [-0.15, -0.1) is 11.3 Å². The molecule has 0 aliphatic carbocycles. The first-order valence-corrected chi connectivity index (χ1v) is 13.5. The lowest BCUT2D eigenvalue weighted by Gasteiger charge is -2.26. The van der Waals surface area contributed by atoms with E-state index in [2.05, 4.69) is 46.4 Å². The molecule has 1 N–H and O–H groups in total. The molecule has 0 bridgehead atoms. The second kappa shape index (κ2) is 12.0. The summed E-state index contributed by atoms with van der Waals surface area (Å²) in [4.78, 5) is 20.9. The zero-order valence-corrected chi connectivity index (χ0v) is 21.3. The first-order chi connectivity index (χ1) is 17.1. The highest BCUT2D eigenvalue weighted by Gasteiger charge is 2.25. The second-order valence-corrected chi connectivity index (χ2v) is 10.5. The molecule has 0 radical (unpaired) electrons. The Labute approximate surface area is 214 Å². The van der Waals surface area contributed by atoms with Crippen LogP contribution in [0.3, 0.4) is 0 Å². The van der Waals surface area contributed by atoms with Crippen molar-refractivity contribution >= 4 is 34.0 Å². The third-order valence-electron chi connectivity index (χ3n) is 5.91. The van der Waals surface area contributed by atoms with Gasteiger partial charge in [0.2, 0.25) is 5.91 Å². The molecule has 0 spiro atoms. The first kappa shape index (κ1) is 24.9. The van der Waals surface area contributed by atoms with Crippen LogP contribution in [-0.4, -0.2) is 28.1 Å². The predicted octanol–water partition coefficient (Wildman–Crippen LogP) is 5.52. The Morgan fingerprint density at radius 2 is 2.03 bits per heavy atom. The molecule has 1 aliphatic heterocycles. The number of hydrogen-bond acceptors (Lipinski definition) is 7. The number of nitriles is 2. The van der Waals surface area contributed by atoms with Gasteiger partial charge >= 0.3 is 0 Å². The fourth-order valence-corrected chi connectivity index (χ4v) is 6.15. The molecule has 0 saturated heterocycles. The maximum absolute atomic E-state index is 12.8. The molecule has 1 aromatic carbocycles. The van der Waals surface area contributed by atoms with Crippen LogP contribution in [0.4, 0.5) is 5.00 Å². The van der Waals surface area contributed by atoms with Crippen molar-refractivity contribution in [3.8, 4) is 12.1 Å². The van der Waals surface area contributed by atoms with E-state index in [1.807, 2.05) is 24.3 Å². The molecule has 0 fully saturated rings. The van der Waals surface area contributed by atoms with Gasteiger partial charge in [0.05, 0.1) is 16.9 Å². The van der Waals surface area contributed by atoms with Gasteiger partial charge in [-0.25, -0.2) is 4.98 Å². The Morgan fingerprint density at radius 3 is 2.77 bits per heavy atom. The van der Waals surface area contributed by atoms with Gasteiger partial charge in [0.25, 0.3) is 0 Å². The summed E-state index contributed by atoms with van der Waals surface area (Å²) in [5.41, 5.74) is 4.32. The fourth-order valence-electron chi connectivity index (χ4n) is 4.11. The number of rotatable bonds is 9. The molecular weight excluding hydrogens is 474 g/mol. The lowest BCUT2D eigenvalue weighted by atomic mass is 10.0. The van der Waals surface area contributed by atoms with Crippen molar-refractivity contribution in [3.05, 3.63) is 75.3 Å². The zero-order chi connectivity index (χ0) is 24.6. The number of carbonyl (C=O) groups is 1. The maximum Gasteiger partial charge on any atom is 0.235 e. The number of anilines is 1. The molecule has 8 heteroatoms. The Morgan fingerprint density at radius 1 is 1.20 bits per heavy atom. The van der Waals surface area contributed by atoms with Crippen LogP contribution in [0, 0.1) is 22.7 Å². The Kier molecular flexibility index (Phi) is 8.54. The average Bonchev–Trinajstić information content (AvgIpc) is 3.22. The largest absolute Gasteiger partial charge is 0.316 e. The first-order valence-electron chi connectivity index (χ1n) is 11.7. The molecule has 3 heterocycles. The van der Waals surface area contributed by atoms with Gasteiger partial charge in [-0.3, -0.25) is 9.69 Å². The van der Waals surface area contributed by atoms with Gasteiger partial charge < -0.3 is 5.32 Å². The Balaban J connectivity index is 1.41. The molecule has 178 valence electrons. The summed E-state index contributed by atoms with van der Waals surface area (Å²) in [7, 11) is 0. The molecule has 0 atom stereocenters. The number of unbranched alkanes of at least 4 members (excludes halogenated alkanes) is 1. The van der Waals surface area contributed by atoms with Gasteiger partial charge in [-0.05, 0) is 42.5 Å². The van der Waals surface area contributed by atoms with E-state index in [0.29, 0.717) is 21.2 Å². The van der Waals surface area contributed by atoms with Crippen LogP contribution in [0.25, 0.3) is 0 Å². The number of pyridine rings is 1. The number of thiophene rings is 1. The molecule has 0 unspecified atom stereocenters. The molecule has 3 aromatic rings. The monoisotopic (exact) mass is 501 g/mol. The van der Waals surface area contributed by atoms with Gasteiger partial charge in [0.1, 0.15) is 22.2 Å². The van der Waals surface area contributed by atoms with Gasteiger partial charge in [-0.1, -0.05) is 55.4 Å². The number of hydrogen-bond donors (Lipinski definition) is 1. The molecule has 6 nitrogen and oxygen atoms in total. The molecule has 1 amide bonds. The van der Waals surface area contributed by atoms with E-state index in [1.54, 1.807) is 6.07 Å². The van der Waals surface area contributed by atoms with E-state index in [9.17, 15) is 15.3 Å². The smallest absolute Gasteiger partial charge is 0.235 e. The molecule has 4 rings (SSSR count). The minimum Gasteiger partial charge on any atom is -0.316 e. The van der Waals surface area contributed by atoms with Crippen molar-refractivity contribution in [3.63, 3.8) is 0 Å². The topological polar surface area (TPSA) is 92.8 Å². The van der Waals surface area contributed by atoms with Gasteiger partial charge in [0, 0.05) is 30.2 Å². The number of aryl methyl sites for hydroxylation is 1. The van der Waals surface area contributed by atoms with E-state index in [0.717, 1.165) is 61.5 Å². The lowest BCUT2D eigenvalue weighted by Crippen LogP contribution is -2.29. The summed E-state index contributed by atoms with van der Waals surface area (Å²) < 4.78 is 0. The second-order valence-electron chi connectivity index (χ2n) is 8.47. The van der Waals surface area contributed by atoms with Crippen molar-refractivity contribution in [2.45, 2.75) is 50.7 Å². The number of amides is 1. The molecular formula is C27H27N5OS2. The number of fused-ring (bicyclic) bond motifs is 1. The zero-order valence-electron chi connectivity index (χ0n) is 19.7. The third kappa shape index (κ3) is 6.29. The van der Waals surface area contributed by atoms with Gasteiger partial charge in [-0.2, -0.15) is 10.5 Å². The highest BCUT2D eigenvalue weighted by atomic mass is 32.2. The molecule has 0 saturated carbocycles.